The number of carboxylic acid groups (broad SMARTS) is 2. The van der Waals surface area contributed by atoms with Crippen molar-refractivity contribution in [2.75, 3.05) is 19.7 Å². The third kappa shape index (κ3) is 4.81. The van der Waals surface area contributed by atoms with E-state index in [9.17, 15) is 14.4 Å². The number of carbonyl (C=O) groups is 3. The van der Waals surface area contributed by atoms with Crippen molar-refractivity contribution in [1.82, 2.24) is 4.90 Å². The molecule has 7 nitrogen and oxygen atoms in total. The van der Waals surface area contributed by atoms with Crippen molar-refractivity contribution >= 4 is 17.8 Å². The zero-order chi connectivity index (χ0) is 12.8. The fourth-order valence-electron chi connectivity index (χ4n) is 1.69. The second-order valence-corrected chi connectivity index (χ2v) is 3.88. The molecule has 96 valence electrons. The zero-order valence-corrected chi connectivity index (χ0v) is 9.29. The van der Waals surface area contributed by atoms with E-state index < -0.39 is 30.9 Å². The van der Waals surface area contributed by atoms with Gasteiger partial charge in [0.1, 0.15) is 13.1 Å². The lowest BCUT2D eigenvalue weighted by molar-refractivity contribution is -0.150. The number of amides is 1. The van der Waals surface area contributed by atoms with Crippen LogP contribution in [0.1, 0.15) is 19.3 Å². The fourth-order valence-corrected chi connectivity index (χ4v) is 1.69. The van der Waals surface area contributed by atoms with E-state index in [1.165, 1.54) is 0 Å². The Labute approximate surface area is 98.0 Å². The number of carboxylic acids is 2. The van der Waals surface area contributed by atoms with Crippen LogP contribution in [0.5, 0.6) is 0 Å². The normalized spacial score (nSPS) is 18.9. The van der Waals surface area contributed by atoms with Crippen LogP contribution in [0.3, 0.4) is 0 Å². The first-order valence-corrected chi connectivity index (χ1v) is 5.32. The second kappa shape index (κ2) is 6.19. The highest BCUT2D eigenvalue weighted by Gasteiger charge is 2.25. The average molecular weight is 245 g/mol. The van der Waals surface area contributed by atoms with Gasteiger partial charge in [-0.1, -0.05) is 0 Å². The molecule has 1 fully saturated rings. The summed E-state index contributed by atoms with van der Waals surface area (Å²) in [5, 5.41) is 17.2. The third-order valence-corrected chi connectivity index (χ3v) is 2.43. The van der Waals surface area contributed by atoms with Gasteiger partial charge < -0.3 is 19.8 Å². The van der Waals surface area contributed by atoms with Crippen LogP contribution >= 0.6 is 0 Å². The van der Waals surface area contributed by atoms with E-state index in [1.54, 1.807) is 0 Å². The van der Waals surface area contributed by atoms with Crippen LogP contribution in [0.25, 0.3) is 0 Å². The molecule has 7 heteroatoms. The highest BCUT2D eigenvalue weighted by atomic mass is 16.5. The highest BCUT2D eigenvalue weighted by molar-refractivity contribution is 5.85. The molecule has 1 atom stereocenters. The summed E-state index contributed by atoms with van der Waals surface area (Å²) >= 11 is 0. The van der Waals surface area contributed by atoms with Crippen molar-refractivity contribution in [3.05, 3.63) is 0 Å². The minimum Gasteiger partial charge on any atom is -0.480 e. The molecule has 1 rings (SSSR count). The van der Waals surface area contributed by atoms with Gasteiger partial charge in [-0.2, -0.15) is 0 Å². The van der Waals surface area contributed by atoms with E-state index in [4.69, 9.17) is 14.9 Å². The van der Waals surface area contributed by atoms with Gasteiger partial charge in [0.15, 0.2) is 0 Å². The minimum absolute atomic E-state index is 0.0422. The molecule has 0 aromatic rings. The van der Waals surface area contributed by atoms with Gasteiger partial charge in [-0.3, -0.25) is 14.4 Å². The second-order valence-electron chi connectivity index (χ2n) is 3.88. The molecule has 0 radical (unpaired) electrons. The van der Waals surface area contributed by atoms with Gasteiger partial charge in [0, 0.05) is 6.61 Å². The van der Waals surface area contributed by atoms with E-state index >= 15 is 0 Å². The van der Waals surface area contributed by atoms with Crippen molar-refractivity contribution < 1.29 is 29.3 Å². The molecule has 0 spiro atoms. The van der Waals surface area contributed by atoms with Crippen molar-refractivity contribution in [3.8, 4) is 0 Å². The van der Waals surface area contributed by atoms with Gasteiger partial charge >= 0.3 is 11.9 Å². The largest absolute Gasteiger partial charge is 0.480 e. The SMILES string of the molecule is O=C(O)CN(CC(=O)O)C(=O)CC1CCCO1. The van der Waals surface area contributed by atoms with Crippen molar-refractivity contribution in [1.29, 1.82) is 0 Å². The van der Waals surface area contributed by atoms with Gasteiger partial charge in [-0.25, -0.2) is 0 Å². The Morgan fingerprint density at radius 2 is 1.76 bits per heavy atom. The first-order valence-electron chi connectivity index (χ1n) is 5.32. The molecule has 1 heterocycles. The van der Waals surface area contributed by atoms with Crippen LogP contribution in [-0.2, 0) is 19.1 Å². The molecule has 0 aromatic heterocycles. The predicted molar refractivity (Wildman–Crippen MR) is 55.4 cm³/mol. The van der Waals surface area contributed by atoms with Crippen LogP contribution in [0.2, 0.25) is 0 Å². The minimum atomic E-state index is -1.23. The standard InChI is InChI=1S/C10H15NO6/c12-8(4-7-2-1-3-17-7)11(5-9(13)14)6-10(15)16/h7H,1-6H2,(H,13,14)(H,15,16). The Morgan fingerprint density at radius 1 is 1.18 bits per heavy atom. The summed E-state index contributed by atoms with van der Waals surface area (Å²) in [6.07, 6.45) is 1.45. The Bertz CT molecular complexity index is 294. The molecule has 1 amide bonds. The molecule has 0 aliphatic carbocycles. The maximum absolute atomic E-state index is 11.7. The summed E-state index contributed by atoms with van der Waals surface area (Å²) in [4.78, 5) is 33.5. The number of hydrogen-bond donors (Lipinski definition) is 2. The highest BCUT2D eigenvalue weighted by Crippen LogP contribution is 2.16. The third-order valence-electron chi connectivity index (χ3n) is 2.43. The first kappa shape index (κ1) is 13.4. The van der Waals surface area contributed by atoms with E-state index in [2.05, 4.69) is 0 Å². The zero-order valence-electron chi connectivity index (χ0n) is 9.29. The Morgan fingerprint density at radius 3 is 2.18 bits per heavy atom. The summed E-state index contributed by atoms with van der Waals surface area (Å²) in [5.41, 5.74) is 0. The predicted octanol–water partition coefficient (Wildman–Crippen LogP) is -0.447. The lowest BCUT2D eigenvalue weighted by Crippen LogP contribution is -2.40. The number of ether oxygens (including phenoxy) is 1. The van der Waals surface area contributed by atoms with E-state index in [0.717, 1.165) is 17.7 Å². The van der Waals surface area contributed by atoms with Gasteiger partial charge in [0.25, 0.3) is 0 Å². The van der Waals surface area contributed by atoms with Crippen molar-refractivity contribution in [3.63, 3.8) is 0 Å². The van der Waals surface area contributed by atoms with E-state index in [0.29, 0.717) is 6.61 Å². The summed E-state index contributed by atoms with van der Waals surface area (Å²) in [7, 11) is 0. The average Bonchev–Trinajstić information content (AvgIpc) is 2.67. The number of carbonyl (C=O) groups excluding carboxylic acids is 1. The van der Waals surface area contributed by atoms with Crippen molar-refractivity contribution in [2.24, 2.45) is 0 Å². The number of rotatable bonds is 6. The molecule has 1 unspecified atom stereocenters. The molecule has 0 saturated carbocycles. The molecule has 17 heavy (non-hydrogen) atoms. The monoisotopic (exact) mass is 245 g/mol. The molecule has 1 saturated heterocycles. The summed E-state index contributed by atoms with van der Waals surface area (Å²) < 4.78 is 5.24. The topological polar surface area (TPSA) is 104 Å². The lowest BCUT2D eigenvalue weighted by atomic mass is 10.1. The van der Waals surface area contributed by atoms with Gasteiger partial charge in [0.05, 0.1) is 12.5 Å². The van der Waals surface area contributed by atoms with Crippen LogP contribution in [0, 0.1) is 0 Å². The van der Waals surface area contributed by atoms with Crippen molar-refractivity contribution in [2.45, 2.75) is 25.4 Å². The number of aliphatic carboxylic acids is 2. The molecule has 1 aliphatic heterocycles. The maximum atomic E-state index is 11.7. The van der Waals surface area contributed by atoms with Crippen LogP contribution in [-0.4, -0.2) is 58.8 Å². The molecular formula is C10H15NO6. The summed E-state index contributed by atoms with van der Waals surface area (Å²) in [6.45, 7) is -0.606. The van der Waals surface area contributed by atoms with E-state index in [-0.39, 0.29) is 12.5 Å². The molecular weight excluding hydrogens is 230 g/mol. The molecule has 0 aromatic carbocycles. The summed E-state index contributed by atoms with van der Waals surface area (Å²) in [5.74, 6) is -2.96. The Hall–Kier alpha value is -1.63. The fraction of sp³-hybridized carbons (Fsp3) is 0.700. The maximum Gasteiger partial charge on any atom is 0.323 e. The molecule has 0 bridgehead atoms. The first-order chi connectivity index (χ1) is 7.99. The quantitative estimate of drug-likeness (QED) is 0.657. The van der Waals surface area contributed by atoms with Gasteiger partial charge in [-0.15, -0.1) is 0 Å². The van der Waals surface area contributed by atoms with Crippen LogP contribution < -0.4 is 0 Å². The van der Waals surface area contributed by atoms with Crippen LogP contribution in [0.4, 0.5) is 0 Å². The Kier molecular flexibility index (Phi) is 4.89. The van der Waals surface area contributed by atoms with E-state index in [1.807, 2.05) is 0 Å². The van der Waals surface area contributed by atoms with Crippen LogP contribution in [0.15, 0.2) is 0 Å². The summed E-state index contributed by atoms with van der Waals surface area (Å²) in [6, 6.07) is 0. The lowest BCUT2D eigenvalue weighted by Gasteiger charge is -2.20. The van der Waals surface area contributed by atoms with Gasteiger partial charge in [-0.05, 0) is 12.8 Å². The molecule has 2 N–H and O–H groups in total. The smallest absolute Gasteiger partial charge is 0.323 e. The molecule has 1 aliphatic rings. The van der Waals surface area contributed by atoms with Gasteiger partial charge in [0.2, 0.25) is 5.91 Å². The number of hydrogen-bond acceptors (Lipinski definition) is 4. The number of nitrogens with zero attached hydrogens (tertiary/aromatic N) is 1. The Balaban J connectivity index is 2.51.